The summed E-state index contributed by atoms with van der Waals surface area (Å²) in [5.41, 5.74) is 1.08. The van der Waals surface area contributed by atoms with Crippen LogP contribution in [0.25, 0.3) is 0 Å². The summed E-state index contributed by atoms with van der Waals surface area (Å²) in [6, 6.07) is 14.0. The summed E-state index contributed by atoms with van der Waals surface area (Å²) in [5, 5.41) is 19.4. The standard InChI is InChI=1S/C26H27N5O4/c1-4-31-20-14-18(12-13-26(2,3)34)10-11-21(20)35-16-19(25(31)33)27-24(32)23-28-22(29-30-23)15-17-8-6-5-7-9-17/h5-11,14,19,34H,4,15-16H2,1-3H3,(H,27,32)(H,28,29,30)/t19-/m0/s1. The minimum absolute atomic E-state index is 0.0376. The Balaban J connectivity index is 1.49. The third kappa shape index (κ3) is 5.86. The zero-order valence-electron chi connectivity index (χ0n) is 19.8. The van der Waals surface area contributed by atoms with Gasteiger partial charge < -0.3 is 20.1 Å². The first kappa shape index (κ1) is 24.0. The van der Waals surface area contributed by atoms with Gasteiger partial charge in [0.15, 0.2) is 0 Å². The summed E-state index contributed by atoms with van der Waals surface area (Å²) in [4.78, 5) is 31.9. The van der Waals surface area contributed by atoms with E-state index in [1.54, 1.807) is 36.9 Å². The number of aliphatic hydroxyl groups is 1. The first-order valence-electron chi connectivity index (χ1n) is 11.3. The molecule has 0 saturated heterocycles. The summed E-state index contributed by atoms with van der Waals surface area (Å²) in [7, 11) is 0. The molecule has 0 saturated carbocycles. The first-order valence-corrected chi connectivity index (χ1v) is 11.3. The van der Waals surface area contributed by atoms with Gasteiger partial charge in [-0.2, -0.15) is 0 Å². The van der Waals surface area contributed by atoms with E-state index in [0.29, 0.717) is 35.8 Å². The molecule has 1 aliphatic rings. The molecule has 0 bridgehead atoms. The number of likely N-dealkylation sites (N-methyl/N-ethyl adjacent to an activating group) is 1. The average molecular weight is 474 g/mol. The number of rotatable bonds is 5. The lowest BCUT2D eigenvalue weighted by molar-refractivity contribution is -0.120. The predicted octanol–water partition coefficient (Wildman–Crippen LogP) is 2.06. The maximum atomic E-state index is 13.3. The second-order valence-corrected chi connectivity index (χ2v) is 8.68. The van der Waals surface area contributed by atoms with Gasteiger partial charge in [0, 0.05) is 18.5 Å². The Bertz CT molecular complexity index is 1280. The van der Waals surface area contributed by atoms with Gasteiger partial charge in [0.25, 0.3) is 11.8 Å². The minimum atomic E-state index is -1.14. The van der Waals surface area contributed by atoms with Crippen molar-refractivity contribution >= 4 is 17.5 Å². The number of nitrogens with one attached hydrogen (secondary N) is 2. The SMILES string of the molecule is CCN1C(=O)[C@@H](NC(=O)c2n[nH]c(Cc3ccccc3)n2)COc2ccc(C#CC(C)(C)O)cc21. The van der Waals surface area contributed by atoms with Crippen LogP contribution in [0.4, 0.5) is 5.69 Å². The van der Waals surface area contributed by atoms with Crippen molar-refractivity contribution in [2.45, 2.75) is 38.8 Å². The molecule has 1 aromatic heterocycles. The Morgan fingerprint density at radius 1 is 1.29 bits per heavy atom. The number of fused-ring (bicyclic) bond motifs is 1. The molecule has 0 spiro atoms. The van der Waals surface area contributed by atoms with Gasteiger partial charge in [0.2, 0.25) is 5.82 Å². The fourth-order valence-electron chi connectivity index (χ4n) is 3.62. The Labute approximate surface area is 203 Å². The van der Waals surface area contributed by atoms with E-state index in [4.69, 9.17) is 4.74 Å². The molecule has 3 aromatic rings. The summed E-state index contributed by atoms with van der Waals surface area (Å²) >= 11 is 0. The van der Waals surface area contributed by atoms with E-state index in [1.165, 1.54) is 0 Å². The van der Waals surface area contributed by atoms with E-state index in [-0.39, 0.29) is 18.3 Å². The van der Waals surface area contributed by atoms with Crippen LogP contribution in [0.3, 0.4) is 0 Å². The van der Waals surface area contributed by atoms with Crippen LogP contribution < -0.4 is 15.0 Å². The van der Waals surface area contributed by atoms with Crippen LogP contribution in [0.1, 0.15) is 48.3 Å². The number of hydrogen-bond donors (Lipinski definition) is 3. The van der Waals surface area contributed by atoms with Crippen molar-refractivity contribution in [2.75, 3.05) is 18.1 Å². The largest absolute Gasteiger partial charge is 0.489 e. The Kier molecular flexibility index (Phi) is 6.85. The van der Waals surface area contributed by atoms with Crippen LogP contribution in [-0.4, -0.2) is 56.9 Å². The third-order valence-electron chi connectivity index (χ3n) is 5.30. The molecule has 35 heavy (non-hydrogen) atoms. The van der Waals surface area contributed by atoms with Crippen molar-refractivity contribution < 1.29 is 19.4 Å². The molecule has 180 valence electrons. The maximum absolute atomic E-state index is 13.3. The van der Waals surface area contributed by atoms with Gasteiger partial charge in [0.1, 0.15) is 29.8 Å². The number of anilines is 1. The molecular formula is C26H27N5O4. The van der Waals surface area contributed by atoms with Crippen LogP contribution in [0.5, 0.6) is 5.75 Å². The summed E-state index contributed by atoms with van der Waals surface area (Å²) in [5.74, 6) is 5.81. The molecule has 0 fully saturated rings. The highest BCUT2D eigenvalue weighted by atomic mass is 16.5. The zero-order chi connectivity index (χ0) is 25.0. The fraction of sp³-hybridized carbons (Fsp3) is 0.308. The molecule has 0 aliphatic carbocycles. The zero-order valence-corrected chi connectivity index (χ0v) is 19.8. The molecule has 2 aromatic carbocycles. The molecule has 3 N–H and O–H groups in total. The van der Waals surface area contributed by atoms with E-state index in [0.717, 1.165) is 5.56 Å². The number of carbonyl (C=O) groups excluding carboxylic acids is 2. The van der Waals surface area contributed by atoms with Crippen LogP contribution in [0.2, 0.25) is 0 Å². The summed E-state index contributed by atoms with van der Waals surface area (Å²) < 4.78 is 5.86. The molecule has 9 nitrogen and oxygen atoms in total. The average Bonchev–Trinajstić information content (AvgIpc) is 3.25. The molecule has 0 unspecified atom stereocenters. The number of H-pyrrole nitrogens is 1. The number of carbonyl (C=O) groups is 2. The molecule has 4 rings (SSSR count). The molecule has 1 atom stereocenters. The monoisotopic (exact) mass is 473 g/mol. The number of ether oxygens (including phenoxy) is 1. The Morgan fingerprint density at radius 2 is 2.06 bits per heavy atom. The van der Waals surface area contributed by atoms with E-state index in [1.807, 2.05) is 37.3 Å². The quantitative estimate of drug-likeness (QED) is 0.488. The third-order valence-corrected chi connectivity index (χ3v) is 5.30. The minimum Gasteiger partial charge on any atom is -0.489 e. The molecule has 0 radical (unpaired) electrons. The lowest BCUT2D eigenvalue weighted by Crippen LogP contribution is -2.50. The lowest BCUT2D eigenvalue weighted by atomic mass is 10.1. The van der Waals surface area contributed by atoms with Gasteiger partial charge in [-0.1, -0.05) is 42.2 Å². The molecule has 9 heteroatoms. The summed E-state index contributed by atoms with van der Waals surface area (Å²) in [6.07, 6.45) is 0.504. The topological polar surface area (TPSA) is 120 Å². The lowest BCUT2D eigenvalue weighted by Gasteiger charge is -2.23. The maximum Gasteiger partial charge on any atom is 0.291 e. The second-order valence-electron chi connectivity index (χ2n) is 8.68. The van der Waals surface area contributed by atoms with Gasteiger partial charge in [-0.3, -0.25) is 14.7 Å². The molecule has 2 amide bonds. The molecule has 2 heterocycles. The van der Waals surface area contributed by atoms with Crippen LogP contribution in [-0.2, 0) is 11.2 Å². The predicted molar refractivity (Wildman–Crippen MR) is 130 cm³/mol. The van der Waals surface area contributed by atoms with Crippen molar-refractivity contribution in [1.29, 1.82) is 0 Å². The van der Waals surface area contributed by atoms with Gasteiger partial charge in [-0.05, 0) is 44.5 Å². The van der Waals surface area contributed by atoms with Crippen molar-refractivity contribution in [3.05, 3.63) is 71.3 Å². The molecule has 1 aliphatic heterocycles. The van der Waals surface area contributed by atoms with E-state index in [2.05, 4.69) is 32.3 Å². The van der Waals surface area contributed by atoms with E-state index in [9.17, 15) is 14.7 Å². The highest BCUT2D eigenvalue weighted by Gasteiger charge is 2.33. The van der Waals surface area contributed by atoms with Crippen molar-refractivity contribution in [3.63, 3.8) is 0 Å². The van der Waals surface area contributed by atoms with Crippen molar-refractivity contribution in [1.82, 2.24) is 20.5 Å². The fourth-order valence-corrected chi connectivity index (χ4v) is 3.62. The number of hydrogen-bond acceptors (Lipinski definition) is 6. The van der Waals surface area contributed by atoms with Gasteiger partial charge in [-0.15, -0.1) is 5.10 Å². The second kappa shape index (κ2) is 9.99. The Hall–Kier alpha value is -4.16. The van der Waals surface area contributed by atoms with Crippen molar-refractivity contribution in [3.8, 4) is 17.6 Å². The molecular weight excluding hydrogens is 446 g/mol. The normalized spacial score (nSPS) is 15.4. The number of aromatic nitrogens is 3. The number of nitrogens with zero attached hydrogens (tertiary/aromatic N) is 3. The number of benzene rings is 2. The number of aromatic amines is 1. The van der Waals surface area contributed by atoms with E-state index >= 15 is 0 Å². The van der Waals surface area contributed by atoms with Gasteiger partial charge in [0.05, 0.1) is 5.69 Å². The van der Waals surface area contributed by atoms with Gasteiger partial charge in [-0.25, -0.2) is 4.98 Å². The summed E-state index contributed by atoms with van der Waals surface area (Å²) in [6.45, 7) is 5.36. The smallest absolute Gasteiger partial charge is 0.291 e. The van der Waals surface area contributed by atoms with Crippen molar-refractivity contribution in [2.24, 2.45) is 0 Å². The Morgan fingerprint density at radius 3 is 2.77 bits per heavy atom. The highest BCUT2D eigenvalue weighted by Crippen LogP contribution is 2.32. The van der Waals surface area contributed by atoms with Crippen LogP contribution in [0.15, 0.2) is 48.5 Å². The number of amides is 2. The highest BCUT2D eigenvalue weighted by molar-refractivity contribution is 6.02. The first-order chi connectivity index (χ1) is 16.7. The van der Waals surface area contributed by atoms with Crippen LogP contribution in [0, 0.1) is 11.8 Å². The van der Waals surface area contributed by atoms with E-state index < -0.39 is 17.6 Å². The van der Waals surface area contributed by atoms with Crippen LogP contribution >= 0.6 is 0 Å². The van der Waals surface area contributed by atoms with Gasteiger partial charge >= 0.3 is 0 Å².